The zero-order valence-corrected chi connectivity index (χ0v) is 23.1. The van der Waals surface area contributed by atoms with E-state index in [4.69, 9.17) is 27.0 Å². The van der Waals surface area contributed by atoms with E-state index in [0.29, 0.717) is 0 Å². The van der Waals surface area contributed by atoms with Crippen LogP contribution in [0.3, 0.4) is 0 Å². The predicted molar refractivity (Wildman–Crippen MR) is 144 cm³/mol. The van der Waals surface area contributed by atoms with Crippen LogP contribution in [-0.4, -0.2) is 34.7 Å². The number of phenolic OH excluding ortho intramolecular Hbond substituents is 2. The Morgan fingerprint density at radius 2 is 1.06 bits per heavy atom. The average Bonchev–Trinajstić information content (AvgIpc) is 2.89. The minimum atomic E-state index is -0.826. The maximum absolute atomic E-state index is 10.7. The van der Waals surface area contributed by atoms with Crippen LogP contribution in [0, 0.1) is 0 Å². The van der Waals surface area contributed by atoms with Crippen LogP contribution in [0.1, 0.15) is 36.8 Å². The number of fused-ring (bicyclic) bond motifs is 2. The Hall–Kier alpha value is -2.20. The van der Waals surface area contributed by atoms with Gasteiger partial charge in [-0.2, -0.15) is 0 Å². The average molecular weight is 585 g/mol. The second kappa shape index (κ2) is 12.7. The molecule has 1 fully saturated rings. The molecular weight excluding hydrogens is 558 g/mol. The topological polar surface area (TPSA) is 65.2 Å². The molecule has 2 atom stereocenters. The number of nitrogens with zero attached hydrogens (tertiary/aromatic N) is 2. The molecule has 0 aromatic heterocycles. The van der Waals surface area contributed by atoms with Gasteiger partial charge in [-0.15, -0.1) is 0 Å². The van der Waals surface area contributed by atoms with Crippen molar-refractivity contribution in [3.63, 3.8) is 0 Å². The van der Waals surface area contributed by atoms with Crippen LogP contribution in [0.25, 0.3) is 21.5 Å². The van der Waals surface area contributed by atoms with Crippen LogP contribution < -0.4 is 0 Å². The van der Waals surface area contributed by atoms with Gasteiger partial charge in [-0.05, 0) is 35.7 Å². The first-order chi connectivity index (χ1) is 17.1. The number of rotatable bonds is 4. The van der Waals surface area contributed by atoms with Gasteiger partial charge in [0.05, 0.1) is 12.1 Å². The first-order valence-corrected chi connectivity index (χ1v) is 17.9. The van der Waals surface area contributed by atoms with Crippen molar-refractivity contribution < 1.29 is 31.1 Å². The molecule has 1 saturated carbocycles. The molecule has 0 radical (unpaired) electrons. The third-order valence-electron chi connectivity index (χ3n) is 6.37. The Morgan fingerprint density at radius 3 is 1.49 bits per heavy atom. The summed E-state index contributed by atoms with van der Waals surface area (Å²) in [7, 11) is 9.87. The molecule has 7 heteroatoms. The number of phenols is 2. The number of aromatic hydroxyl groups is 2. The number of aliphatic imine (C=N–C) groups is 2. The zero-order chi connectivity index (χ0) is 24.6. The van der Waals surface area contributed by atoms with E-state index in [-0.39, 0.29) is 23.6 Å². The summed E-state index contributed by atoms with van der Waals surface area (Å²) in [5.74, 6) is 0.535. The van der Waals surface area contributed by atoms with Crippen molar-refractivity contribution in [2.75, 3.05) is 0 Å². The van der Waals surface area contributed by atoms with Crippen molar-refractivity contribution in [3.05, 3.63) is 83.9 Å². The van der Waals surface area contributed by atoms with Crippen molar-refractivity contribution in [1.29, 1.82) is 0 Å². The van der Waals surface area contributed by atoms with Gasteiger partial charge >= 0.3 is 37.9 Å². The van der Waals surface area contributed by atoms with E-state index in [1.807, 2.05) is 72.8 Å². The molecule has 4 aromatic rings. The van der Waals surface area contributed by atoms with Crippen molar-refractivity contribution in [2.24, 2.45) is 9.98 Å². The molecule has 0 bridgehead atoms. The monoisotopic (exact) mass is 582 g/mol. The van der Waals surface area contributed by atoms with E-state index in [1.54, 1.807) is 12.4 Å². The Morgan fingerprint density at radius 1 is 0.657 bits per heavy atom. The van der Waals surface area contributed by atoms with Gasteiger partial charge < -0.3 is 10.2 Å². The van der Waals surface area contributed by atoms with Crippen LogP contribution in [0.2, 0.25) is 0 Å². The summed E-state index contributed by atoms with van der Waals surface area (Å²) in [6.07, 6.45) is 7.76. The van der Waals surface area contributed by atoms with Crippen LogP contribution in [0.15, 0.2) is 82.8 Å². The Labute approximate surface area is 224 Å². The molecular formula is C28H26Cl2N2O2Zr. The molecule has 0 heterocycles. The quantitative estimate of drug-likeness (QED) is 0.242. The fraction of sp³-hybridized carbons (Fsp3) is 0.214. The Balaban J connectivity index is 0.000000917. The second-order valence-corrected chi connectivity index (χ2v) is 12.2. The van der Waals surface area contributed by atoms with E-state index in [1.165, 1.54) is 0 Å². The molecule has 0 saturated heterocycles. The van der Waals surface area contributed by atoms with E-state index >= 15 is 0 Å². The molecule has 4 aromatic carbocycles. The van der Waals surface area contributed by atoms with Crippen molar-refractivity contribution in [2.45, 2.75) is 37.8 Å². The Kier molecular flexibility index (Phi) is 9.37. The van der Waals surface area contributed by atoms with Gasteiger partial charge in [-0.3, -0.25) is 9.98 Å². The van der Waals surface area contributed by atoms with Gasteiger partial charge in [-0.25, -0.2) is 0 Å². The molecule has 4 nitrogen and oxygen atoms in total. The summed E-state index contributed by atoms with van der Waals surface area (Å²) in [4.78, 5) is 9.65. The summed E-state index contributed by atoms with van der Waals surface area (Å²) < 4.78 is 0. The third kappa shape index (κ3) is 6.33. The van der Waals surface area contributed by atoms with Gasteiger partial charge in [0, 0.05) is 34.3 Å². The number of halogens is 2. The molecule has 0 spiro atoms. The molecule has 2 N–H and O–H groups in total. The van der Waals surface area contributed by atoms with Gasteiger partial charge in [0.1, 0.15) is 11.5 Å². The molecule has 35 heavy (non-hydrogen) atoms. The molecule has 0 unspecified atom stereocenters. The number of benzene rings is 4. The fourth-order valence-electron chi connectivity index (χ4n) is 4.54. The third-order valence-corrected chi connectivity index (χ3v) is 6.37. The van der Waals surface area contributed by atoms with Crippen molar-refractivity contribution >= 4 is 51.0 Å². The van der Waals surface area contributed by atoms with Crippen LogP contribution in [-0.2, 0) is 20.8 Å². The van der Waals surface area contributed by atoms with Crippen LogP contribution in [0.5, 0.6) is 11.5 Å². The summed E-state index contributed by atoms with van der Waals surface area (Å²) in [5, 5.41) is 25.0. The first-order valence-electron chi connectivity index (χ1n) is 11.6. The second-order valence-electron chi connectivity index (χ2n) is 8.50. The predicted octanol–water partition coefficient (Wildman–Crippen LogP) is 7.63. The molecule has 1 aliphatic rings. The number of hydrogen-bond donors (Lipinski definition) is 2. The first kappa shape index (κ1) is 25.9. The van der Waals surface area contributed by atoms with E-state index in [2.05, 4.69) is 0 Å². The standard InChI is InChI=1S/C28H26N2O2.2ClH.Zr/c31-27-21(15-13-19-7-1-3-9-23(19)27)17-29-25-11-5-6-12-26(25)30-18-22-16-14-20-8-2-4-10-24(20)28(22)32;;;/h1-4,7-10,13-18,25-26,31-32H,5-6,11-12H2;2*1H;/q;;;+2/p-2/t25-,26-;;;/m1.../s1. The van der Waals surface area contributed by atoms with Gasteiger partial charge in [0.2, 0.25) is 0 Å². The fourth-order valence-corrected chi connectivity index (χ4v) is 4.54. The van der Waals surface area contributed by atoms with E-state index in [0.717, 1.165) is 58.4 Å². The van der Waals surface area contributed by atoms with Crippen LogP contribution >= 0.6 is 17.0 Å². The maximum atomic E-state index is 10.7. The summed E-state index contributed by atoms with van der Waals surface area (Å²) in [6.45, 7) is 0. The molecule has 178 valence electrons. The van der Waals surface area contributed by atoms with Crippen molar-refractivity contribution in [1.82, 2.24) is 0 Å². The SMILES string of the molecule is Oc1c(C=N[C@@H]2CCCC[C@H]2N=Cc2ccc3ccccc3c2O)ccc2ccccc12.[Cl][Zr][Cl]. The van der Waals surface area contributed by atoms with Gasteiger partial charge in [0.25, 0.3) is 0 Å². The number of hydrogen-bond acceptors (Lipinski definition) is 4. The summed E-state index contributed by atoms with van der Waals surface area (Å²) in [6, 6.07) is 23.6. The Bertz CT molecular complexity index is 1260. The van der Waals surface area contributed by atoms with Crippen molar-refractivity contribution in [3.8, 4) is 11.5 Å². The summed E-state index contributed by atoms with van der Waals surface area (Å²) >= 11 is -0.826. The van der Waals surface area contributed by atoms with E-state index in [9.17, 15) is 10.2 Å². The van der Waals surface area contributed by atoms with E-state index < -0.39 is 20.8 Å². The summed E-state index contributed by atoms with van der Waals surface area (Å²) in [5.41, 5.74) is 1.45. The molecule has 1 aliphatic carbocycles. The van der Waals surface area contributed by atoms with Crippen LogP contribution in [0.4, 0.5) is 0 Å². The van der Waals surface area contributed by atoms with Gasteiger partial charge in [0.15, 0.2) is 0 Å². The molecule has 5 rings (SSSR count). The zero-order valence-electron chi connectivity index (χ0n) is 19.1. The van der Waals surface area contributed by atoms with Gasteiger partial charge in [-0.1, -0.05) is 73.5 Å². The molecule has 0 aliphatic heterocycles. The minimum absolute atomic E-state index is 0.0634. The molecule has 0 amide bonds. The normalized spacial score (nSPS) is 18.1.